The molecule has 0 bridgehead atoms. The Labute approximate surface area is 111 Å². The van der Waals surface area contributed by atoms with Gasteiger partial charge in [0.05, 0.1) is 11.5 Å². The number of hydrogen-bond donors (Lipinski definition) is 1. The molecule has 1 aromatic rings. The van der Waals surface area contributed by atoms with Crippen LogP contribution in [0.15, 0.2) is 18.2 Å². The number of rotatable bonds is 4. The van der Waals surface area contributed by atoms with Gasteiger partial charge < -0.3 is 5.32 Å². The molecule has 2 rings (SSSR count). The SMILES string of the molecule is O=S1(=O)CCC(CNCc2c(F)cccc2Cl)C1. The third-order valence-corrected chi connectivity index (χ3v) is 5.31. The van der Waals surface area contributed by atoms with Gasteiger partial charge in [0.2, 0.25) is 0 Å². The number of halogens is 2. The van der Waals surface area contributed by atoms with E-state index in [0.717, 1.165) is 0 Å². The first-order chi connectivity index (χ1) is 8.48. The third kappa shape index (κ3) is 3.43. The summed E-state index contributed by atoms with van der Waals surface area (Å²) in [7, 11) is -2.85. The fourth-order valence-corrected chi connectivity index (χ4v) is 4.23. The van der Waals surface area contributed by atoms with Crippen molar-refractivity contribution in [3.8, 4) is 0 Å². The Kier molecular flexibility index (Phi) is 4.25. The smallest absolute Gasteiger partial charge is 0.150 e. The van der Waals surface area contributed by atoms with Crippen LogP contribution in [-0.4, -0.2) is 26.5 Å². The Bertz CT molecular complexity index is 513. The standard InChI is InChI=1S/C12H15ClFNO2S/c13-11-2-1-3-12(14)10(11)7-15-6-9-4-5-18(16,17)8-9/h1-3,9,15H,4-8H2. The lowest BCUT2D eigenvalue weighted by Crippen LogP contribution is -2.23. The molecule has 1 N–H and O–H groups in total. The second-order valence-corrected chi connectivity index (χ2v) is 7.24. The molecule has 1 fully saturated rings. The summed E-state index contributed by atoms with van der Waals surface area (Å²) < 4.78 is 36.0. The molecule has 0 aliphatic carbocycles. The largest absolute Gasteiger partial charge is 0.312 e. The summed E-state index contributed by atoms with van der Waals surface area (Å²) >= 11 is 5.89. The molecule has 1 atom stereocenters. The highest BCUT2D eigenvalue weighted by Crippen LogP contribution is 2.20. The van der Waals surface area contributed by atoms with E-state index in [4.69, 9.17) is 11.6 Å². The van der Waals surface area contributed by atoms with E-state index < -0.39 is 9.84 Å². The molecule has 6 heteroatoms. The van der Waals surface area contributed by atoms with E-state index in [0.29, 0.717) is 30.1 Å². The van der Waals surface area contributed by atoms with Crippen LogP contribution in [0.25, 0.3) is 0 Å². The van der Waals surface area contributed by atoms with Gasteiger partial charge in [0.25, 0.3) is 0 Å². The molecule has 0 saturated carbocycles. The minimum absolute atomic E-state index is 0.126. The summed E-state index contributed by atoms with van der Waals surface area (Å²) in [6.07, 6.45) is 0.681. The fourth-order valence-electron chi connectivity index (χ4n) is 2.14. The average molecular weight is 292 g/mol. The van der Waals surface area contributed by atoms with Gasteiger partial charge in [-0.3, -0.25) is 0 Å². The molecule has 0 spiro atoms. The van der Waals surface area contributed by atoms with Crippen LogP contribution < -0.4 is 5.32 Å². The maximum atomic E-state index is 13.5. The van der Waals surface area contributed by atoms with Crippen molar-refractivity contribution in [3.05, 3.63) is 34.6 Å². The van der Waals surface area contributed by atoms with Crippen LogP contribution in [0, 0.1) is 11.7 Å². The molecule has 1 unspecified atom stereocenters. The van der Waals surface area contributed by atoms with Gasteiger partial charge in [-0.2, -0.15) is 0 Å². The molecule has 0 amide bonds. The summed E-state index contributed by atoms with van der Waals surface area (Å²) in [5.41, 5.74) is 0.431. The Balaban J connectivity index is 1.86. The molecule has 1 aliphatic heterocycles. The van der Waals surface area contributed by atoms with Crippen molar-refractivity contribution >= 4 is 21.4 Å². The van der Waals surface area contributed by atoms with Gasteiger partial charge in [-0.25, -0.2) is 12.8 Å². The summed E-state index contributed by atoms with van der Waals surface area (Å²) in [6.45, 7) is 0.895. The van der Waals surface area contributed by atoms with Gasteiger partial charge in [-0.05, 0) is 31.0 Å². The predicted octanol–water partition coefficient (Wildman–Crippen LogP) is 2.00. The zero-order valence-electron chi connectivity index (χ0n) is 9.83. The normalized spacial score (nSPS) is 22.2. The van der Waals surface area contributed by atoms with Crippen molar-refractivity contribution in [1.82, 2.24) is 5.32 Å². The van der Waals surface area contributed by atoms with Crippen LogP contribution in [0.4, 0.5) is 4.39 Å². The van der Waals surface area contributed by atoms with Gasteiger partial charge in [-0.1, -0.05) is 17.7 Å². The minimum Gasteiger partial charge on any atom is -0.312 e. The van der Waals surface area contributed by atoms with Crippen molar-refractivity contribution in [1.29, 1.82) is 0 Å². The van der Waals surface area contributed by atoms with E-state index in [1.54, 1.807) is 12.1 Å². The molecule has 1 aliphatic rings. The monoisotopic (exact) mass is 291 g/mol. The highest BCUT2D eigenvalue weighted by Gasteiger charge is 2.27. The van der Waals surface area contributed by atoms with Gasteiger partial charge in [-0.15, -0.1) is 0 Å². The molecule has 18 heavy (non-hydrogen) atoms. The second kappa shape index (κ2) is 5.55. The number of hydrogen-bond acceptors (Lipinski definition) is 3. The van der Waals surface area contributed by atoms with E-state index in [1.807, 2.05) is 0 Å². The Morgan fingerprint density at radius 1 is 1.44 bits per heavy atom. The first-order valence-electron chi connectivity index (χ1n) is 5.82. The van der Waals surface area contributed by atoms with Crippen LogP contribution in [0.5, 0.6) is 0 Å². The van der Waals surface area contributed by atoms with Crippen molar-refractivity contribution < 1.29 is 12.8 Å². The molecule has 0 aromatic heterocycles. The van der Waals surface area contributed by atoms with Crippen molar-refractivity contribution in [2.75, 3.05) is 18.1 Å². The second-order valence-electron chi connectivity index (χ2n) is 4.60. The van der Waals surface area contributed by atoms with Crippen LogP contribution in [0.2, 0.25) is 5.02 Å². The summed E-state index contributed by atoms with van der Waals surface area (Å²) in [6, 6.07) is 4.56. The number of nitrogens with one attached hydrogen (secondary N) is 1. The van der Waals surface area contributed by atoms with E-state index in [9.17, 15) is 12.8 Å². The van der Waals surface area contributed by atoms with E-state index >= 15 is 0 Å². The third-order valence-electron chi connectivity index (χ3n) is 3.12. The molecule has 1 saturated heterocycles. The highest BCUT2D eigenvalue weighted by atomic mass is 35.5. The molecule has 3 nitrogen and oxygen atoms in total. The summed E-state index contributed by atoms with van der Waals surface area (Å²) in [4.78, 5) is 0. The number of sulfone groups is 1. The molecule has 100 valence electrons. The highest BCUT2D eigenvalue weighted by molar-refractivity contribution is 7.91. The minimum atomic E-state index is -2.85. The molecule has 0 radical (unpaired) electrons. The Hall–Kier alpha value is -0.650. The average Bonchev–Trinajstić information content (AvgIpc) is 2.63. The van der Waals surface area contributed by atoms with E-state index in [2.05, 4.69) is 5.32 Å². The van der Waals surface area contributed by atoms with Crippen LogP contribution in [0.3, 0.4) is 0 Å². The van der Waals surface area contributed by atoms with E-state index in [-0.39, 0.29) is 23.2 Å². The summed E-state index contributed by atoms with van der Waals surface area (Å²) in [5.74, 6) is 0.278. The van der Waals surface area contributed by atoms with Crippen molar-refractivity contribution in [3.63, 3.8) is 0 Å². The lowest BCUT2D eigenvalue weighted by atomic mass is 10.1. The van der Waals surface area contributed by atoms with Gasteiger partial charge in [0.15, 0.2) is 9.84 Å². The lowest BCUT2D eigenvalue weighted by molar-refractivity contribution is 0.510. The predicted molar refractivity (Wildman–Crippen MR) is 69.9 cm³/mol. The first-order valence-corrected chi connectivity index (χ1v) is 8.02. The zero-order valence-corrected chi connectivity index (χ0v) is 11.4. The quantitative estimate of drug-likeness (QED) is 0.923. The Morgan fingerprint density at radius 3 is 2.83 bits per heavy atom. The molecular weight excluding hydrogens is 277 g/mol. The molecule has 1 aromatic carbocycles. The zero-order chi connectivity index (χ0) is 13.2. The summed E-state index contributed by atoms with van der Waals surface area (Å²) in [5, 5.41) is 3.46. The molecule has 1 heterocycles. The maximum absolute atomic E-state index is 13.5. The first kappa shape index (κ1) is 13.8. The Morgan fingerprint density at radius 2 is 2.22 bits per heavy atom. The van der Waals surface area contributed by atoms with Crippen LogP contribution >= 0.6 is 11.6 Å². The molecular formula is C12H15ClFNO2S. The van der Waals surface area contributed by atoms with Crippen LogP contribution in [-0.2, 0) is 16.4 Å². The van der Waals surface area contributed by atoms with Gasteiger partial charge in [0, 0.05) is 17.1 Å². The van der Waals surface area contributed by atoms with Gasteiger partial charge >= 0.3 is 0 Å². The van der Waals surface area contributed by atoms with Crippen molar-refractivity contribution in [2.24, 2.45) is 5.92 Å². The van der Waals surface area contributed by atoms with E-state index in [1.165, 1.54) is 6.07 Å². The number of benzene rings is 1. The van der Waals surface area contributed by atoms with Crippen LogP contribution in [0.1, 0.15) is 12.0 Å². The topological polar surface area (TPSA) is 46.2 Å². The van der Waals surface area contributed by atoms with Gasteiger partial charge in [0.1, 0.15) is 5.82 Å². The maximum Gasteiger partial charge on any atom is 0.150 e. The fraction of sp³-hybridized carbons (Fsp3) is 0.500. The lowest BCUT2D eigenvalue weighted by Gasteiger charge is -2.11. The van der Waals surface area contributed by atoms with Crippen molar-refractivity contribution in [2.45, 2.75) is 13.0 Å².